The van der Waals surface area contributed by atoms with Crippen LogP contribution in [0, 0.1) is 11.7 Å². The summed E-state index contributed by atoms with van der Waals surface area (Å²) in [6.45, 7) is 19.4. The third kappa shape index (κ3) is 14.4. The van der Waals surface area contributed by atoms with Crippen molar-refractivity contribution in [1.29, 1.82) is 0 Å². The molecule has 0 spiro atoms. The lowest BCUT2D eigenvalue weighted by molar-refractivity contribution is -0.126. The number of hydrogen-bond acceptors (Lipinski definition) is 14. The number of nitrogens with zero attached hydrogens (tertiary/aromatic N) is 8. The van der Waals surface area contributed by atoms with Gasteiger partial charge < -0.3 is 43.5 Å². The minimum atomic E-state index is -0.356. The van der Waals surface area contributed by atoms with Crippen LogP contribution in [0.5, 0.6) is 17.2 Å². The zero-order valence-corrected chi connectivity index (χ0v) is 44.6. The molecule has 0 aromatic heterocycles. The lowest BCUT2D eigenvalue weighted by Crippen LogP contribution is -2.49. The SMILES string of the molecule is CC(C)Oc1ccccc1N1CCN(C[C@@H]2CC(C(=O)N3CCC(C(=O)c4ccc(F)cc4)CC3)=NO2)CC1.CC(C)Oc1ccccc1N1CCN(C[C@@H]2CC(C(=O)N3CCC(Oc4ccccc4)CC3)=NO2)CC1. The Hall–Kier alpha value is -6.72. The molecule has 0 unspecified atom stereocenters. The Morgan fingerprint density at radius 3 is 1.45 bits per heavy atom. The minimum Gasteiger partial charge on any atom is -0.490 e. The van der Waals surface area contributed by atoms with E-state index >= 15 is 0 Å². The van der Waals surface area contributed by atoms with Crippen molar-refractivity contribution in [1.82, 2.24) is 19.6 Å². The monoisotopic (exact) mass is 1040 g/mol. The molecule has 10 rings (SSSR count). The van der Waals surface area contributed by atoms with Gasteiger partial charge in [-0.05, 0) is 101 Å². The number of carbonyl (C=O) groups excluding carboxylic acids is 3. The number of ketones is 1. The van der Waals surface area contributed by atoms with Crippen LogP contribution in [0.1, 0.15) is 76.6 Å². The largest absolute Gasteiger partial charge is 0.490 e. The average molecular weight is 1040 g/mol. The second-order valence-electron chi connectivity index (χ2n) is 21.1. The fraction of sp³-hybridized carbons (Fsp3) is 0.508. The van der Waals surface area contributed by atoms with Crippen LogP contribution in [0.4, 0.5) is 15.8 Å². The highest BCUT2D eigenvalue weighted by Crippen LogP contribution is 2.32. The number of hydrogen-bond donors (Lipinski definition) is 0. The highest BCUT2D eigenvalue weighted by Gasteiger charge is 2.36. The third-order valence-electron chi connectivity index (χ3n) is 14.8. The van der Waals surface area contributed by atoms with Crippen molar-refractivity contribution in [2.24, 2.45) is 16.2 Å². The first kappa shape index (κ1) is 54.1. The van der Waals surface area contributed by atoms with Crippen molar-refractivity contribution >= 4 is 40.4 Å². The van der Waals surface area contributed by atoms with Crippen molar-refractivity contribution in [2.75, 3.05) is 101 Å². The number of para-hydroxylation sites is 5. The van der Waals surface area contributed by atoms with Crippen molar-refractivity contribution in [2.45, 2.75) is 96.7 Å². The van der Waals surface area contributed by atoms with Crippen LogP contribution in [0.2, 0.25) is 0 Å². The van der Waals surface area contributed by atoms with E-state index in [2.05, 4.69) is 62.0 Å². The third-order valence-corrected chi connectivity index (χ3v) is 14.8. The first-order valence-electron chi connectivity index (χ1n) is 27.4. The summed E-state index contributed by atoms with van der Waals surface area (Å²) in [7, 11) is 0. The van der Waals surface area contributed by atoms with E-state index in [1.165, 1.54) is 24.3 Å². The van der Waals surface area contributed by atoms with Crippen LogP contribution in [-0.2, 0) is 19.3 Å². The smallest absolute Gasteiger partial charge is 0.271 e. The molecule has 406 valence electrons. The summed E-state index contributed by atoms with van der Waals surface area (Å²) in [5, 5.41) is 8.33. The van der Waals surface area contributed by atoms with Gasteiger partial charge in [0, 0.05) is 129 Å². The summed E-state index contributed by atoms with van der Waals surface area (Å²) in [4.78, 5) is 63.4. The Kier molecular flexibility index (Phi) is 18.4. The fourth-order valence-corrected chi connectivity index (χ4v) is 10.8. The molecular weight excluding hydrogens is 968 g/mol. The lowest BCUT2D eigenvalue weighted by atomic mass is 9.88. The number of piperazine rings is 2. The highest BCUT2D eigenvalue weighted by atomic mass is 19.1. The van der Waals surface area contributed by atoms with Gasteiger partial charge in [-0.3, -0.25) is 24.2 Å². The number of oxime groups is 2. The van der Waals surface area contributed by atoms with E-state index in [1.54, 1.807) is 4.90 Å². The maximum atomic E-state index is 13.2. The van der Waals surface area contributed by atoms with Gasteiger partial charge in [0.05, 0.1) is 23.6 Å². The van der Waals surface area contributed by atoms with Crippen LogP contribution < -0.4 is 24.0 Å². The van der Waals surface area contributed by atoms with Gasteiger partial charge >= 0.3 is 0 Å². The van der Waals surface area contributed by atoms with Crippen molar-refractivity contribution < 1.29 is 42.7 Å². The van der Waals surface area contributed by atoms with E-state index in [9.17, 15) is 18.8 Å². The van der Waals surface area contributed by atoms with Crippen LogP contribution in [-0.4, -0.2) is 171 Å². The van der Waals surface area contributed by atoms with Gasteiger partial charge in [-0.1, -0.05) is 52.8 Å². The van der Waals surface area contributed by atoms with E-state index in [0.717, 1.165) is 107 Å². The molecule has 4 aromatic carbocycles. The molecule has 0 aliphatic carbocycles. The first-order valence-corrected chi connectivity index (χ1v) is 27.4. The number of carbonyl (C=O) groups is 3. The van der Waals surface area contributed by atoms with Gasteiger partial charge in [-0.25, -0.2) is 4.39 Å². The molecule has 4 fully saturated rings. The minimum absolute atomic E-state index is 0.00670. The van der Waals surface area contributed by atoms with E-state index in [4.69, 9.17) is 23.9 Å². The normalized spacial score (nSPS) is 20.8. The molecule has 6 heterocycles. The van der Waals surface area contributed by atoms with Crippen LogP contribution in [0.3, 0.4) is 0 Å². The molecule has 0 bridgehead atoms. The standard InChI is InChI=1S/C30H37FN4O4.C29H38N4O4/c1-21(2)38-28-6-4-3-5-27(28)34-17-15-33(16-18-34)20-25-19-26(32-39-25)30(37)35-13-11-23(12-14-35)29(36)22-7-9-24(31)10-8-22;1-22(2)35-28-11-7-6-10-27(28)32-18-16-31(17-19-32)21-25-20-26(30-37-25)29(34)33-14-12-24(13-15-33)36-23-8-4-3-5-9-23/h3-10,21,23,25H,11-20H2,1-2H3;3-11,22,24-25H,12-21H2,1-2H3/t2*25-/m00/s1. The molecule has 0 saturated carbocycles. The molecule has 6 aliphatic heterocycles. The number of likely N-dealkylation sites (tertiary alicyclic amines) is 2. The van der Waals surface area contributed by atoms with Gasteiger partial charge in [-0.15, -0.1) is 0 Å². The van der Waals surface area contributed by atoms with Crippen LogP contribution >= 0.6 is 0 Å². The highest BCUT2D eigenvalue weighted by molar-refractivity contribution is 6.39. The fourth-order valence-electron chi connectivity index (χ4n) is 10.8. The molecule has 16 nitrogen and oxygen atoms in total. The Morgan fingerprint density at radius 1 is 0.553 bits per heavy atom. The number of ether oxygens (including phenoxy) is 3. The molecule has 2 amide bonds. The predicted molar refractivity (Wildman–Crippen MR) is 292 cm³/mol. The molecular formula is C59H75FN8O8. The van der Waals surface area contributed by atoms with E-state index in [0.29, 0.717) is 68.8 Å². The second-order valence-corrected chi connectivity index (χ2v) is 21.1. The Bertz CT molecular complexity index is 2600. The van der Waals surface area contributed by atoms with Crippen molar-refractivity contribution in [3.05, 3.63) is 115 Å². The average Bonchev–Trinajstić information content (AvgIpc) is 4.12. The number of halogens is 1. The van der Waals surface area contributed by atoms with Crippen LogP contribution in [0.15, 0.2) is 113 Å². The summed E-state index contributed by atoms with van der Waals surface area (Å²) < 4.78 is 31.3. The van der Waals surface area contributed by atoms with Gasteiger partial charge in [0.25, 0.3) is 11.8 Å². The zero-order valence-electron chi connectivity index (χ0n) is 44.6. The van der Waals surface area contributed by atoms with Gasteiger partial charge in [0.2, 0.25) is 0 Å². The summed E-state index contributed by atoms with van der Waals surface area (Å²) in [6, 6.07) is 32.0. The summed E-state index contributed by atoms with van der Waals surface area (Å²) >= 11 is 0. The number of piperidine rings is 2. The molecule has 6 aliphatic rings. The van der Waals surface area contributed by atoms with E-state index in [1.807, 2.05) is 79.4 Å². The van der Waals surface area contributed by atoms with Crippen LogP contribution in [0.25, 0.3) is 0 Å². The zero-order chi connectivity index (χ0) is 53.0. The summed E-state index contributed by atoms with van der Waals surface area (Å²) in [5.41, 5.74) is 3.81. The molecule has 2 atom stereocenters. The quantitative estimate of drug-likeness (QED) is 0.101. The number of Topliss-reactive ketones (excluding diaryl/α,β-unsaturated/α-hetero) is 1. The molecule has 17 heteroatoms. The van der Waals surface area contributed by atoms with Gasteiger partial charge in [0.15, 0.2) is 5.78 Å². The number of anilines is 2. The van der Waals surface area contributed by atoms with Crippen molar-refractivity contribution in [3.8, 4) is 17.2 Å². The summed E-state index contributed by atoms with van der Waals surface area (Å²) in [5.74, 6) is 2.15. The Labute approximate surface area is 447 Å². The molecule has 0 N–H and O–H groups in total. The maximum Gasteiger partial charge on any atom is 0.271 e. The molecule has 76 heavy (non-hydrogen) atoms. The topological polar surface area (TPSA) is 142 Å². The van der Waals surface area contributed by atoms with E-state index in [-0.39, 0.29) is 59.9 Å². The first-order chi connectivity index (χ1) is 36.9. The van der Waals surface area contributed by atoms with Gasteiger partial charge in [-0.2, -0.15) is 0 Å². The Morgan fingerprint density at radius 2 is 0.987 bits per heavy atom. The lowest BCUT2D eigenvalue weighted by Gasteiger charge is -2.37. The Balaban J connectivity index is 0.000000186. The molecule has 0 radical (unpaired) electrons. The van der Waals surface area contributed by atoms with Crippen molar-refractivity contribution in [3.63, 3.8) is 0 Å². The number of benzene rings is 4. The van der Waals surface area contributed by atoms with Gasteiger partial charge in [0.1, 0.15) is 52.8 Å². The number of amides is 2. The summed E-state index contributed by atoms with van der Waals surface area (Å²) in [6.07, 6.45) is 4.12. The van der Waals surface area contributed by atoms with E-state index < -0.39 is 0 Å². The second kappa shape index (κ2) is 25.9. The number of rotatable bonds is 16. The molecule has 4 aromatic rings. The predicted octanol–water partition coefficient (Wildman–Crippen LogP) is 7.81. The maximum absolute atomic E-state index is 13.2. The molecule has 4 saturated heterocycles.